The average Bonchev–Trinajstić information content (AvgIpc) is 2.53. The van der Waals surface area contributed by atoms with E-state index in [1.165, 1.54) is 10.6 Å². The molecule has 0 unspecified atom stereocenters. The molecular weight excluding hydrogens is 318 g/mol. The van der Waals surface area contributed by atoms with Gasteiger partial charge in [-0.05, 0) is 36.7 Å². The van der Waals surface area contributed by atoms with Gasteiger partial charge in [0.1, 0.15) is 0 Å². The van der Waals surface area contributed by atoms with Crippen molar-refractivity contribution in [2.45, 2.75) is 0 Å². The van der Waals surface area contributed by atoms with Gasteiger partial charge in [0.25, 0.3) is 0 Å². The molecule has 0 amide bonds. The topological polar surface area (TPSA) is 0 Å². The molecule has 3 aromatic carbocycles. The molecule has 0 aliphatic carbocycles. The standard InChI is InChI=1S/C18H13Cl2P/c19-14-11-12-17(20)18(13-14)21(15-7-3-1-4-8-15)16-9-5-2-6-10-16/h1-13H. The van der Waals surface area contributed by atoms with Gasteiger partial charge in [0.2, 0.25) is 0 Å². The predicted molar refractivity (Wildman–Crippen MR) is 95.2 cm³/mol. The van der Waals surface area contributed by atoms with E-state index in [-0.39, 0.29) is 0 Å². The summed E-state index contributed by atoms with van der Waals surface area (Å²) in [5, 5.41) is 5.11. The lowest BCUT2D eigenvalue weighted by atomic mass is 10.3. The Bertz CT molecular complexity index is 687. The quantitative estimate of drug-likeness (QED) is 0.608. The summed E-state index contributed by atoms with van der Waals surface area (Å²) >= 11 is 12.6. The van der Waals surface area contributed by atoms with Gasteiger partial charge in [-0.1, -0.05) is 83.9 Å². The van der Waals surface area contributed by atoms with Crippen LogP contribution in [0.2, 0.25) is 10.0 Å². The van der Waals surface area contributed by atoms with Crippen LogP contribution in [-0.4, -0.2) is 0 Å². The molecule has 0 atom stereocenters. The molecule has 0 spiro atoms. The van der Waals surface area contributed by atoms with Crippen LogP contribution in [0.3, 0.4) is 0 Å². The van der Waals surface area contributed by atoms with Gasteiger partial charge in [0.15, 0.2) is 0 Å². The Kier molecular flexibility index (Phi) is 4.60. The third kappa shape index (κ3) is 3.30. The van der Waals surface area contributed by atoms with Gasteiger partial charge in [-0.3, -0.25) is 0 Å². The minimum atomic E-state index is -0.699. The van der Waals surface area contributed by atoms with Gasteiger partial charge < -0.3 is 0 Å². The molecule has 0 nitrogen and oxygen atoms in total. The number of halogens is 2. The lowest BCUT2D eigenvalue weighted by Gasteiger charge is -2.20. The second-order valence-electron chi connectivity index (χ2n) is 4.60. The van der Waals surface area contributed by atoms with E-state index in [9.17, 15) is 0 Å². The fourth-order valence-electron chi connectivity index (χ4n) is 2.24. The zero-order valence-corrected chi connectivity index (χ0v) is 13.6. The Labute approximate surface area is 136 Å². The molecule has 3 aromatic rings. The summed E-state index contributed by atoms with van der Waals surface area (Å²) in [6.07, 6.45) is 0. The van der Waals surface area contributed by atoms with Crippen LogP contribution in [0.1, 0.15) is 0 Å². The van der Waals surface area contributed by atoms with Crippen LogP contribution in [0, 0.1) is 0 Å². The van der Waals surface area contributed by atoms with E-state index < -0.39 is 7.92 Å². The summed E-state index contributed by atoms with van der Waals surface area (Å²) in [7, 11) is -0.699. The van der Waals surface area contributed by atoms with Gasteiger partial charge in [0.05, 0.1) is 0 Å². The molecule has 0 saturated carbocycles. The largest absolute Gasteiger partial charge is 0.0843 e. The van der Waals surface area contributed by atoms with Crippen LogP contribution in [-0.2, 0) is 0 Å². The van der Waals surface area contributed by atoms with Crippen LogP contribution in [0.5, 0.6) is 0 Å². The molecule has 0 bridgehead atoms. The second kappa shape index (κ2) is 6.62. The molecule has 0 aliphatic heterocycles. The zero-order chi connectivity index (χ0) is 14.7. The molecule has 3 rings (SSSR count). The predicted octanol–water partition coefficient (Wildman–Crippen LogP) is 4.75. The minimum Gasteiger partial charge on any atom is -0.0843 e. The maximum Gasteiger partial charge on any atom is 0.0490 e. The highest BCUT2D eigenvalue weighted by Crippen LogP contribution is 2.36. The van der Waals surface area contributed by atoms with Crippen LogP contribution in [0.15, 0.2) is 78.9 Å². The summed E-state index contributed by atoms with van der Waals surface area (Å²) in [6.45, 7) is 0. The molecule has 0 aromatic heterocycles. The van der Waals surface area contributed by atoms with Gasteiger partial charge in [0, 0.05) is 15.3 Å². The summed E-state index contributed by atoms with van der Waals surface area (Å²) in [5.41, 5.74) is 0. The van der Waals surface area contributed by atoms with Crippen molar-refractivity contribution in [1.29, 1.82) is 0 Å². The number of rotatable bonds is 3. The van der Waals surface area contributed by atoms with Gasteiger partial charge in [-0.25, -0.2) is 0 Å². The maximum atomic E-state index is 6.45. The summed E-state index contributed by atoms with van der Waals surface area (Å²) in [5.74, 6) is 0. The van der Waals surface area contributed by atoms with E-state index >= 15 is 0 Å². The molecule has 0 aliphatic rings. The zero-order valence-electron chi connectivity index (χ0n) is 11.2. The Morgan fingerprint density at radius 1 is 0.619 bits per heavy atom. The Morgan fingerprint density at radius 2 is 1.14 bits per heavy atom. The normalized spacial score (nSPS) is 10.8. The van der Waals surface area contributed by atoms with E-state index in [1.807, 2.05) is 30.3 Å². The first kappa shape index (κ1) is 14.6. The van der Waals surface area contributed by atoms with Gasteiger partial charge in [-0.15, -0.1) is 0 Å². The SMILES string of the molecule is Clc1ccc(Cl)c(P(c2ccccc2)c2ccccc2)c1. The molecule has 0 radical (unpaired) electrons. The molecule has 0 N–H and O–H groups in total. The third-order valence-electron chi connectivity index (χ3n) is 3.18. The van der Waals surface area contributed by atoms with Crippen molar-refractivity contribution in [1.82, 2.24) is 0 Å². The van der Waals surface area contributed by atoms with Crippen molar-refractivity contribution in [2.24, 2.45) is 0 Å². The summed E-state index contributed by atoms with van der Waals surface area (Å²) in [4.78, 5) is 0. The lowest BCUT2D eigenvalue weighted by Crippen LogP contribution is -2.21. The van der Waals surface area contributed by atoms with Crippen molar-refractivity contribution in [3.05, 3.63) is 88.9 Å². The van der Waals surface area contributed by atoms with Crippen molar-refractivity contribution < 1.29 is 0 Å². The maximum absolute atomic E-state index is 6.45. The number of hydrogen-bond acceptors (Lipinski definition) is 0. The van der Waals surface area contributed by atoms with Crippen LogP contribution in [0.4, 0.5) is 0 Å². The monoisotopic (exact) mass is 330 g/mol. The smallest absolute Gasteiger partial charge is 0.0490 e. The van der Waals surface area contributed by atoms with Crippen LogP contribution in [0.25, 0.3) is 0 Å². The molecule has 104 valence electrons. The van der Waals surface area contributed by atoms with Crippen LogP contribution >= 0.6 is 31.1 Å². The number of benzene rings is 3. The van der Waals surface area contributed by atoms with Crippen molar-refractivity contribution in [3.63, 3.8) is 0 Å². The van der Waals surface area contributed by atoms with Crippen molar-refractivity contribution in [2.75, 3.05) is 0 Å². The fourth-order valence-corrected chi connectivity index (χ4v) is 5.21. The van der Waals surface area contributed by atoms with Crippen molar-refractivity contribution in [3.8, 4) is 0 Å². The molecular formula is C18H13Cl2P. The molecule has 0 fully saturated rings. The highest BCUT2D eigenvalue weighted by Gasteiger charge is 2.19. The molecule has 0 heterocycles. The van der Waals surface area contributed by atoms with E-state index in [0.717, 1.165) is 10.3 Å². The first-order chi connectivity index (χ1) is 10.3. The van der Waals surface area contributed by atoms with E-state index in [0.29, 0.717) is 5.02 Å². The fraction of sp³-hybridized carbons (Fsp3) is 0. The number of hydrogen-bond donors (Lipinski definition) is 0. The van der Waals surface area contributed by atoms with Gasteiger partial charge >= 0.3 is 0 Å². The van der Waals surface area contributed by atoms with Crippen molar-refractivity contribution >= 4 is 47.0 Å². The minimum absolute atomic E-state index is 0.699. The Balaban J connectivity index is 2.20. The third-order valence-corrected chi connectivity index (χ3v) is 6.36. The lowest BCUT2D eigenvalue weighted by molar-refractivity contribution is 1.73. The Hall–Kier alpha value is -1.33. The highest BCUT2D eigenvalue weighted by molar-refractivity contribution is 7.80. The highest BCUT2D eigenvalue weighted by atomic mass is 35.5. The first-order valence-electron chi connectivity index (χ1n) is 6.61. The summed E-state index contributed by atoms with van der Waals surface area (Å²) in [6, 6.07) is 26.6. The van der Waals surface area contributed by atoms with E-state index in [4.69, 9.17) is 23.2 Å². The average molecular weight is 331 g/mol. The van der Waals surface area contributed by atoms with Gasteiger partial charge in [-0.2, -0.15) is 0 Å². The second-order valence-corrected chi connectivity index (χ2v) is 7.63. The molecule has 21 heavy (non-hydrogen) atoms. The van der Waals surface area contributed by atoms with Crippen LogP contribution < -0.4 is 15.9 Å². The first-order valence-corrected chi connectivity index (χ1v) is 8.71. The Morgan fingerprint density at radius 3 is 1.67 bits per heavy atom. The molecule has 0 saturated heterocycles. The van der Waals surface area contributed by atoms with E-state index in [2.05, 4.69) is 48.5 Å². The summed E-state index contributed by atoms with van der Waals surface area (Å²) < 4.78 is 0. The van der Waals surface area contributed by atoms with E-state index in [1.54, 1.807) is 0 Å². The molecule has 3 heteroatoms.